The Bertz CT molecular complexity index is 245. The van der Waals surface area contributed by atoms with Crippen molar-refractivity contribution in [2.45, 2.75) is 19.9 Å². The van der Waals surface area contributed by atoms with Crippen LogP contribution in [0.3, 0.4) is 0 Å². The predicted molar refractivity (Wildman–Crippen MR) is 63.8 cm³/mol. The summed E-state index contributed by atoms with van der Waals surface area (Å²) in [6, 6.07) is 0. The molecular weight excluding hydrogens is 347 g/mol. The summed E-state index contributed by atoms with van der Waals surface area (Å²) >= 11 is 5.60. The molecule has 5 heteroatoms. The molecule has 0 saturated heterocycles. The topological polar surface area (TPSA) is 27.1 Å². The summed E-state index contributed by atoms with van der Waals surface area (Å²) in [5, 5.41) is 4.28. The maximum absolute atomic E-state index is 5.36. The lowest BCUT2D eigenvalue weighted by molar-refractivity contribution is 0.124. The fourth-order valence-corrected chi connectivity index (χ4v) is 1.62. The molecule has 0 aliphatic heterocycles. The van der Waals surface area contributed by atoms with Crippen molar-refractivity contribution in [1.29, 1.82) is 0 Å². The van der Waals surface area contributed by atoms with Gasteiger partial charge in [-0.2, -0.15) is 5.10 Å². The Labute approximate surface area is 100 Å². The molecule has 0 aromatic carbocycles. The Hall–Kier alpha value is 0.380. The molecule has 0 bridgehead atoms. The van der Waals surface area contributed by atoms with Gasteiger partial charge in [0.25, 0.3) is 0 Å². The van der Waals surface area contributed by atoms with Gasteiger partial charge in [-0.3, -0.25) is 4.68 Å². The van der Waals surface area contributed by atoms with Crippen molar-refractivity contribution in [3.63, 3.8) is 0 Å². The highest BCUT2D eigenvalue weighted by Gasteiger charge is 2.01. The van der Waals surface area contributed by atoms with Gasteiger partial charge in [-0.25, -0.2) is 0 Å². The van der Waals surface area contributed by atoms with Gasteiger partial charge in [0, 0.05) is 12.8 Å². The van der Waals surface area contributed by atoms with Crippen LogP contribution >= 0.6 is 38.5 Å². The minimum Gasteiger partial charge on any atom is -0.380 e. The van der Waals surface area contributed by atoms with Gasteiger partial charge in [-0.05, 0) is 44.9 Å². The highest BCUT2D eigenvalue weighted by atomic mass is 127. The number of aromatic nitrogens is 2. The van der Waals surface area contributed by atoms with E-state index in [0.717, 1.165) is 34.4 Å². The van der Waals surface area contributed by atoms with Gasteiger partial charge < -0.3 is 4.74 Å². The van der Waals surface area contributed by atoms with Crippen molar-refractivity contribution in [3.05, 3.63) is 14.4 Å². The van der Waals surface area contributed by atoms with E-state index in [1.165, 1.54) is 0 Å². The largest absolute Gasteiger partial charge is 0.380 e. The Morgan fingerprint density at radius 1 is 1.62 bits per heavy atom. The summed E-state index contributed by atoms with van der Waals surface area (Å²) in [7, 11) is 0. The highest BCUT2D eigenvalue weighted by Crippen LogP contribution is 2.16. The Kier molecular flexibility index (Phi) is 5.27. The molecule has 0 saturated carbocycles. The smallest absolute Gasteiger partial charge is 0.137 e. The average Bonchev–Trinajstić information content (AvgIpc) is 2.41. The van der Waals surface area contributed by atoms with Gasteiger partial charge in [0.2, 0.25) is 0 Å². The summed E-state index contributed by atoms with van der Waals surface area (Å²) in [6.07, 6.45) is 3.04. The lowest BCUT2D eigenvalue weighted by atomic mass is 10.5. The summed E-state index contributed by atoms with van der Waals surface area (Å²) in [4.78, 5) is 0. The molecule has 1 aromatic rings. The molecule has 13 heavy (non-hydrogen) atoms. The van der Waals surface area contributed by atoms with Gasteiger partial charge in [0.05, 0.1) is 17.6 Å². The molecule has 0 atom stereocenters. The first-order valence-corrected chi connectivity index (χ1v) is 6.07. The van der Waals surface area contributed by atoms with E-state index in [9.17, 15) is 0 Å². The zero-order valence-electron chi connectivity index (χ0n) is 7.46. The van der Waals surface area contributed by atoms with Gasteiger partial charge in [0.15, 0.2) is 0 Å². The molecule has 0 N–H and O–H groups in total. The molecule has 3 nitrogen and oxygen atoms in total. The lowest BCUT2D eigenvalue weighted by Crippen LogP contribution is -2.06. The Morgan fingerprint density at radius 3 is 2.92 bits per heavy atom. The molecule has 74 valence electrons. The van der Waals surface area contributed by atoms with Crippen LogP contribution in [0.2, 0.25) is 0 Å². The fourth-order valence-electron chi connectivity index (χ4n) is 0.893. The molecule has 0 aliphatic carbocycles. The maximum atomic E-state index is 5.36. The van der Waals surface area contributed by atoms with Crippen LogP contribution in [0.1, 0.15) is 13.3 Å². The molecule has 0 unspecified atom stereocenters. The zero-order chi connectivity index (χ0) is 9.68. The van der Waals surface area contributed by atoms with E-state index in [0.29, 0.717) is 0 Å². The maximum Gasteiger partial charge on any atom is 0.137 e. The highest BCUT2D eigenvalue weighted by molar-refractivity contribution is 14.1. The van der Waals surface area contributed by atoms with E-state index < -0.39 is 0 Å². The van der Waals surface area contributed by atoms with Crippen LogP contribution in [0, 0.1) is 3.70 Å². The third kappa shape index (κ3) is 3.95. The zero-order valence-corrected chi connectivity index (χ0v) is 11.2. The Morgan fingerprint density at radius 2 is 2.38 bits per heavy atom. The van der Waals surface area contributed by atoms with Gasteiger partial charge in [-0.15, -0.1) is 0 Å². The molecule has 0 fully saturated rings. The molecule has 1 aromatic heterocycles. The molecule has 1 rings (SSSR count). The summed E-state index contributed by atoms with van der Waals surface area (Å²) in [5.74, 6) is 0. The summed E-state index contributed by atoms with van der Waals surface area (Å²) in [6.45, 7) is 4.49. The summed E-state index contributed by atoms with van der Waals surface area (Å²) in [5.41, 5.74) is 0. The predicted octanol–water partition coefficient (Wildman–Crippen LogP) is 2.68. The molecular formula is C8H12BrIN2O. The molecule has 0 spiro atoms. The standard InChI is InChI=1S/C8H12BrIN2O/c1-2-4-13-5-3-12-6-7(9)8(10)11-12/h6H,2-5H2,1H3. The van der Waals surface area contributed by atoms with Crippen LogP contribution < -0.4 is 0 Å². The van der Waals surface area contributed by atoms with Crippen molar-refractivity contribution < 1.29 is 4.74 Å². The third-order valence-corrected chi connectivity index (χ3v) is 3.61. The minimum atomic E-state index is 0.734. The number of nitrogens with zero attached hydrogens (tertiary/aromatic N) is 2. The second kappa shape index (κ2) is 5.98. The lowest BCUT2D eigenvalue weighted by Gasteiger charge is -2.01. The van der Waals surface area contributed by atoms with E-state index >= 15 is 0 Å². The van der Waals surface area contributed by atoms with E-state index in [1.54, 1.807) is 0 Å². The molecule has 0 radical (unpaired) electrons. The molecule has 0 aliphatic rings. The van der Waals surface area contributed by atoms with Gasteiger partial charge in [0.1, 0.15) is 3.70 Å². The van der Waals surface area contributed by atoms with Crippen LogP contribution in [0.25, 0.3) is 0 Å². The van der Waals surface area contributed by atoms with Crippen LogP contribution in [0.4, 0.5) is 0 Å². The molecule has 1 heterocycles. The van der Waals surface area contributed by atoms with Crippen LogP contribution in [-0.2, 0) is 11.3 Å². The monoisotopic (exact) mass is 358 g/mol. The first kappa shape index (κ1) is 11.5. The van der Waals surface area contributed by atoms with E-state index in [4.69, 9.17) is 4.74 Å². The number of hydrogen-bond acceptors (Lipinski definition) is 2. The van der Waals surface area contributed by atoms with Gasteiger partial charge in [-0.1, -0.05) is 6.92 Å². The van der Waals surface area contributed by atoms with Crippen LogP contribution in [-0.4, -0.2) is 23.0 Å². The normalized spacial score (nSPS) is 10.7. The second-order valence-corrected chi connectivity index (χ2v) is 4.52. The first-order valence-electron chi connectivity index (χ1n) is 4.20. The van der Waals surface area contributed by atoms with Crippen molar-refractivity contribution in [3.8, 4) is 0 Å². The van der Waals surface area contributed by atoms with Crippen molar-refractivity contribution in [1.82, 2.24) is 9.78 Å². The minimum absolute atomic E-state index is 0.734. The number of hydrogen-bond donors (Lipinski definition) is 0. The van der Waals surface area contributed by atoms with E-state index in [1.807, 2.05) is 10.9 Å². The van der Waals surface area contributed by atoms with Crippen molar-refractivity contribution in [2.75, 3.05) is 13.2 Å². The van der Waals surface area contributed by atoms with Gasteiger partial charge >= 0.3 is 0 Å². The second-order valence-electron chi connectivity index (χ2n) is 2.64. The quantitative estimate of drug-likeness (QED) is 0.597. The summed E-state index contributed by atoms with van der Waals surface area (Å²) < 4.78 is 9.29. The van der Waals surface area contributed by atoms with E-state index in [2.05, 4.69) is 50.5 Å². The average molecular weight is 359 g/mol. The van der Waals surface area contributed by atoms with Crippen molar-refractivity contribution >= 4 is 38.5 Å². The van der Waals surface area contributed by atoms with Crippen LogP contribution in [0.5, 0.6) is 0 Å². The van der Waals surface area contributed by atoms with Crippen molar-refractivity contribution in [2.24, 2.45) is 0 Å². The molecule has 0 amide bonds. The SMILES string of the molecule is CCCOCCn1cc(Br)c(I)n1. The number of halogens is 2. The van der Waals surface area contributed by atoms with E-state index in [-0.39, 0.29) is 0 Å². The Balaban J connectivity index is 2.29. The number of rotatable bonds is 5. The van der Waals surface area contributed by atoms with Crippen LogP contribution in [0.15, 0.2) is 10.7 Å². The fraction of sp³-hybridized carbons (Fsp3) is 0.625. The first-order chi connectivity index (χ1) is 6.24. The third-order valence-electron chi connectivity index (χ3n) is 1.49. The number of ether oxygens (including phenoxy) is 1.